The topological polar surface area (TPSA) is 89.5 Å². The molecule has 0 atom stereocenters. The smallest absolute Gasteiger partial charge is 0.822 e. The fraction of sp³-hybridized carbons (Fsp3) is 0.500. The molecule has 9 heteroatoms. The van der Waals surface area contributed by atoms with E-state index in [9.17, 15) is 0 Å². The van der Waals surface area contributed by atoms with Crippen LogP contribution in [-0.2, 0) is 25.0 Å². The third kappa shape index (κ3) is 45.5. The van der Waals surface area contributed by atoms with Gasteiger partial charge in [0.1, 0.15) is 0 Å². The molecule has 0 saturated heterocycles. The number of alkyl halides is 2. The molecule has 1 aromatic carbocycles. The van der Waals surface area contributed by atoms with Crippen LogP contribution in [0.15, 0.2) is 24.3 Å². The van der Waals surface area contributed by atoms with E-state index >= 15 is 0 Å². The Kier molecular flexibility index (Phi) is 25.3. The summed E-state index contributed by atoms with van der Waals surface area (Å²) in [5.41, 5.74) is 1.22. The van der Waals surface area contributed by atoms with Gasteiger partial charge in [-0.15, -0.1) is 35.3 Å². The van der Waals surface area contributed by atoms with Crippen LogP contribution in [0.5, 0.6) is 0 Å². The molecule has 0 heterocycles. The average molecular weight is 505 g/mol. The van der Waals surface area contributed by atoms with E-state index in [4.69, 9.17) is 42.4 Å². The molecule has 1 aromatic rings. The van der Waals surface area contributed by atoms with Crippen LogP contribution in [0.1, 0.15) is 34.6 Å². The molecule has 1 rings (SSSR count). The van der Waals surface area contributed by atoms with Crippen molar-refractivity contribution in [3.63, 3.8) is 0 Å². The van der Waals surface area contributed by atoms with Crippen LogP contribution in [-0.4, -0.2) is 18.9 Å². The zero-order chi connectivity index (χ0) is 19.9. The normalized spacial score (nSPS) is 9.72. The minimum atomic E-state index is -5.39. The van der Waals surface area contributed by atoms with Crippen molar-refractivity contribution in [2.45, 2.75) is 39.5 Å². The summed E-state index contributed by atoms with van der Waals surface area (Å²) in [6.45, 7) is 10.0. The molecule has 0 bridgehead atoms. The molecule has 0 unspecified atom stereocenters. The Hall–Kier alpha value is 0.372. The van der Waals surface area contributed by atoms with Crippen LogP contribution < -0.4 is 19.6 Å². The first-order valence-corrected chi connectivity index (χ1v) is 9.23. The monoisotopic (exact) mass is 503 g/mol. The number of nitrogens with zero attached hydrogens (tertiary/aromatic N) is 1. The van der Waals surface area contributed by atoms with Crippen molar-refractivity contribution in [3.05, 3.63) is 42.2 Å². The van der Waals surface area contributed by atoms with E-state index < -0.39 is 7.82 Å². The summed E-state index contributed by atoms with van der Waals surface area (Å²) in [5, 5.41) is 0. The van der Waals surface area contributed by atoms with Crippen LogP contribution in [0.4, 0.5) is 5.69 Å². The fourth-order valence-electron chi connectivity index (χ4n) is 0.676. The predicted octanol–water partition coefficient (Wildman–Crippen LogP) is 2.75. The first-order valence-electron chi connectivity index (χ1n) is 6.89. The van der Waals surface area contributed by atoms with E-state index in [0.29, 0.717) is 0 Å². The molecule has 0 aliphatic heterocycles. The van der Waals surface area contributed by atoms with Crippen molar-refractivity contribution in [2.75, 3.05) is 19.0 Å². The summed E-state index contributed by atoms with van der Waals surface area (Å²) in [4.78, 5) is 27.4. The molecular weight excluding hydrogens is 478 g/mol. The molecule has 5 nitrogen and oxygen atoms in total. The van der Waals surface area contributed by atoms with Gasteiger partial charge >= 0.3 is 20.4 Å². The Morgan fingerprint density at radius 1 is 1.04 bits per heavy atom. The number of hydrogen-bond acceptors (Lipinski definition) is 5. The van der Waals surface area contributed by atoms with Crippen molar-refractivity contribution in [3.8, 4) is 0 Å². The quantitative estimate of drug-likeness (QED) is 0.267. The van der Waals surface area contributed by atoms with Crippen molar-refractivity contribution < 1.29 is 39.7 Å². The second-order valence-electron chi connectivity index (χ2n) is 5.48. The van der Waals surface area contributed by atoms with Crippen LogP contribution in [0.2, 0.25) is 0 Å². The Morgan fingerprint density at radius 3 is 1.40 bits per heavy atom. The number of phosphoric acid groups is 1. The number of hydrogen-bond donors (Lipinski definition) is 0. The van der Waals surface area contributed by atoms with Gasteiger partial charge in [-0.3, -0.25) is 5.92 Å². The predicted molar refractivity (Wildman–Crippen MR) is 97.6 cm³/mol. The van der Waals surface area contributed by atoms with E-state index in [1.54, 1.807) is 0 Å². The molecule has 0 N–H and O–H groups in total. The second kappa shape index (κ2) is 19.1. The average Bonchev–Trinajstić information content (AvgIpc) is 2.37. The van der Waals surface area contributed by atoms with E-state index in [2.05, 4.69) is 31.7 Å². The summed E-state index contributed by atoms with van der Waals surface area (Å²) < 4.78 is 8.55. The molecule has 0 aliphatic carbocycles. The molecule has 25 heavy (non-hydrogen) atoms. The molecule has 0 fully saturated rings. The third-order valence-corrected chi connectivity index (χ3v) is 2.53. The van der Waals surface area contributed by atoms with Crippen LogP contribution >= 0.6 is 31.0 Å². The first kappa shape index (κ1) is 33.0. The van der Waals surface area contributed by atoms with E-state index in [0.717, 1.165) is 5.92 Å². The SMILES string of the molecule is CN(C)c1cc[c-]cc1.C[C-](C)C.C[C-](C)C(Cl)Cl.O=P([O-])([O-])[O-].[Pd+2]. The first-order chi connectivity index (χ1) is 10.7. The number of rotatable bonds is 2. The Morgan fingerprint density at radius 2 is 1.28 bits per heavy atom. The van der Waals surface area contributed by atoms with Gasteiger partial charge in [0, 0.05) is 14.1 Å². The summed E-state index contributed by atoms with van der Waals surface area (Å²) in [7, 11) is -1.34. The summed E-state index contributed by atoms with van der Waals surface area (Å²) >= 11 is 10.7. The standard InChI is InChI=1S/C8H10N.C4H7Cl2.C4H9.H3O4P.Pd/c1-9(2)8-6-4-3-5-7-8;1-3(2)4(5)6;1-4(2)3;1-5(2,3)4;/h4-7H,1-2H3;4H,1-2H3;1-3H3;(H3,1,2,3,4);/q3*-1;;+2/p-3. The molecule has 0 radical (unpaired) electrons. The minimum Gasteiger partial charge on any atom is -0.822 e. The zero-order valence-electron chi connectivity index (χ0n) is 15.5. The number of anilines is 1. The third-order valence-electron chi connectivity index (χ3n) is 1.65. The van der Waals surface area contributed by atoms with Gasteiger partial charge < -0.3 is 30.1 Å². The van der Waals surface area contributed by atoms with Crippen LogP contribution in [0, 0.1) is 17.9 Å². The molecule has 152 valence electrons. The van der Waals surface area contributed by atoms with Crippen molar-refractivity contribution >= 4 is 36.7 Å². The number of halogens is 2. The number of benzene rings is 1. The van der Waals surface area contributed by atoms with Gasteiger partial charge in [-0.1, -0.05) is 5.69 Å². The van der Waals surface area contributed by atoms with Crippen molar-refractivity contribution in [2.24, 2.45) is 0 Å². The Balaban J connectivity index is -0.000000123. The van der Waals surface area contributed by atoms with Crippen molar-refractivity contribution in [1.29, 1.82) is 0 Å². The van der Waals surface area contributed by atoms with Gasteiger partial charge in [0.05, 0.1) is 0 Å². The zero-order valence-corrected chi connectivity index (χ0v) is 19.4. The molecule has 0 saturated carbocycles. The van der Waals surface area contributed by atoms with Crippen LogP contribution in [0.25, 0.3) is 0 Å². The molecule has 0 amide bonds. The van der Waals surface area contributed by atoms with Gasteiger partial charge in [0.15, 0.2) is 0 Å². The summed E-state index contributed by atoms with van der Waals surface area (Å²) in [5.74, 6) is 2.46. The van der Waals surface area contributed by atoms with E-state index in [1.165, 1.54) is 11.6 Å². The molecule has 0 aliphatic rings. The fourth-order valence-corrected chi connectivity index (χ4v) is 0.676. The largest absolute Gasteiger partial charge is 2.00 e. The van der Waals surface area contributed by atoms with E-state index in [1.807, 2.05) is 52.2 Å². The second-order valence-corrected chi connectivity index (χ2v) is 7.47. The molecular formula is C16H26Cl2NO4PPd-4. The maximum Gasteiger partial charge on any atom is 2.00 e. The van der Waals surface area contributed by atoms with Gasteiger partial charge in [-0.25, -0.2) is 0 Å². The Bertz CT molecular complexity index is 412. The van der Waals surface area contributed by atoms with Gasteiger partial charge in [0.25, 0.3) is 0 Å². The summed E-state index contributed by atoms with van der Waals surface area (Å²) in [6, 6.07) is 10.8. The van der Waals surface area contributed by atoms with Gasteiger partial charge in [0.2, 0.25) is 0 Å². The van der Waals surface area contributed by atoms with E-state index in [-0.39, 0.29) is 25.3 Å². The van der Waals surface area contributed by atoms with Crippen LogP contribution in [0.3, 0.4) is 0 Å². The molecule has 0 aromatic heterocycles. The summed E-state index contributed by atoms with van der Waals surface area (Å²) in [6.07, 6.45) is 0. The van der Waals surface area contributed by atoms with Crippen molar-refractivity contribution in [1.82, 2.24) is 0 Å². The van der Waals surface area contributed by atoms with Gasteiger partial charge in [-0.05, 0) is 4.84 Å². The maximum absolute atomic E-state index is 8.55. The Labute approximate surface area is 176 Å². The molecule has 0 spiro atoms. The minimum absolute atomic E-state index is 0. The van der Waals surface area contributed by atoms with Gasteiger partial charge in [-0.2, -0.15) is 60.6 Å². The maximum atomic E-state index is 8.55.